The van der Waals surface area contributed by atoms with Gasteiger partial charge in [-0.05, 0) is 18.2 Å². The summed E-state index contributed by atoms with van der Waals surface area (Å²) in [6.45, 7) is 6.66. The molecule has 0 N–H and O–H groups in total. The maximum absolute atomic E-state index is 11.0. The average Bonchev–Trinajstić information content (AvgIpc) is 2.33. The molecule has 0 heterocycles. The van der Waals surface area contributed by atoms with E-state index < -0.39 is 8.07 Å². The Bertz CT molecular complexity index is 478. The van der Waals surface area contributed by atoms with Gasteiger partial charge in [0.25, 0.3) is 0 Å². The molecule has 0 bridgehead atoms. The van der Waals surface area contributed by atoms with E-state index in [2.05, 4.69) is 31.1 Å². The number of methoxy groups -OCH3 is 1. The molecule has 0 saturated carbocycles. The lowest BCUT2D eigenvalue weighted by molar-refractivity contribution is 0.0505. The highest BCUT2D eigenvalue weighted by molar-refractivity contribution is 6.83. The number of benzene rings is 1. The Morgan fingerprint density at radius 2 is 2.06 bits per heavy atom. The van der Waals surface area contributed by atoms with E-state index in [4.69, 9.17) is 9.47 Å². The molecule has 18 heavy (non-hydrogen) atoms. The van der Waals surface area contributed by atoms with Crippen molar-refractivity contribution in [2.75, 3.05) is 13.9 Å². The second kappa shape index (κ2) is 6.38. The van der Waals surface area contributed by atoms with Gasteiger partial charge >= 0.3 is 0 Å². The van der Waals surface area contributed by atoms with E-state index in [-0.39, 0.29) is 6.79 Å². The molecule has 4 heteroatoms. The van der Waals surface area contributed by atoms with Crippen LogP contribution < -0.4 is 4.74 Å². The third-order valence-electron chi connectivity index (χ3n) is 2.05. The number of hydrogen-bond donors (Lipinski definition) is 0. The van der Waals surface area contributed by atoms with Crippen LogP contribution in [-0.4, -0.2) is 28.3 Å². The molecule has 1 aromatic rings. The molecule has 0 amide bonds. The Hall–Kier alpha value is -1.57. The van der Waals surface area contributed by atoms with Crippen LogP contribution in [0.25, 0.3) is 0 Å². The minimum absolute atomic E-state index is 0.126. The molecule has 0 aromatic heterocycles. The van der Waals surface area contributed by atoms with Crippen molar-refractivity contribution < 1.29 is 14.3 Å². The largest absolute Gasteiger partial charge is 0.467 e. The average molecular weight is 262 g/mol. The second-order valence-corrected chi connectivity index (χ2v) is 9.67. The molecule has 0 saturated heterocycles. The summed E-state index contributed by atoms with van der Waals surface area (Å²) in [6, 6.07) is 5.34. The number of carbonyl (C=O) groups is 1. The SMILES string of the molecule is COCOc1ccc(C#C[Si](C)(C)C)cc1C=O. The van der Waals surface area contributed by atoms with Crippen LogP contribution in [0.1, 0.15) is 15.9 Å². The lowest BCUT2D eigenvalue weighted by atomic mass is 10.1. The molecule has 0 atom stereocenters. The van der Waals surface area contributed by atoms with Gasteiger partial charge in [-0.25, -0.2) is 0 Å². The molecule has 0 aliphatic rings. The van der Waals surface area contributed by atoms with Crippen molar-refractivity contribution in [1.82, 2.24) is 0 Å². The highest BCUT2D eigenvalue weighted by atomic mass is 28.3. The molecule has 0 aliphatic heterocycles. The summed E-state index contributed by atoms with van der Waals surface area (Å²) >= 11 is 0. The number of aldehydes is 1. The summed E-state index contributed by atoms with van der Waals surface area (Å²) in [5, 5.41) is 0. The van der Waals surface area contributed by atoms with Gasteiger partial charge in [0.2, 0.25) is 0 Å². The normalized spacial score (nSPS) is 10.4. The van der Waals surface area contributed by atoms with Crippen molar-refractivity contribution in [2.45, 2.75) is 19.6 Å². The quantitative estimate of drug-likeness (QED) is 0.362. The summed E-state index contributed by atoms with van der Waals surface area (Å²) in [6.07, 6.45) is 0.769. The maximum Gasteiger partial charge on any atom is 0.188 e. The number of ether oxygens (including phenoxy) is 2. The zero-order chi connectivity index (χ0) is 13.6. The summed E-state index contributed by atoms with van der Waals surface area (Å²) in [4.78, 5) is 11.0. The smallest absolute Gasteiger partial charge is 0.188 e. The van der Waals surface area contributed by atoms with Crippen molar-refractivity contribution in [2.24, 2.45) is 0 Å². The van der Waals surface area contributed by atoms with Gasteiger partial charge in [0, 0.05) is 12.7 Å². The van der Waals surface area contributed by atoms with Crippen molar-refractivity contribution >= 4 is 14.4 Å². The predicted molar refractivity (Wildman–Crippen MR) is 74.6 cm³/mol. The first-order valence-corrected chi connectivity index (χ1v) is 9.20. The number of rotatable bonds is 4. The Kier molecular flexibility index (Phi) is 5.14. The van der Waals surface area contributed by atoms with E-state index in [9.17, 15) is 4.79 Å². The van der Waals surface area contributed by atoms with Crippen LogP contribution in [0.4, 0.5) is 0 Å². The zero-order valence-corrected chi connectivity index (χ0v) is 12.2. The lowest BCUT2D eigenvalue weighted by Gasteiger charge is -2.07. The van der Waals surface area contributed by atoms with Gasteiger partial charge < -0.3 is 9.47 Å². The van der Waals surface area contributed by atoms with E-state index in [1.54, 1.807) is 12.1 Å². The molecular formula is C14H18O3Si. The monoisotopic (exact) mass is 262 g/mol. The minimum atomic E-state index is -1.40. The van der Waals surface area contributed by atoms with Crippen LogP contribution in [0, 0.1) is 11.5 Å². The summed E-state index contributed by atoms with van der Waals surface area (Å²) in [5.74, 6) is 3.63. The molecular weight excluding hydrogens is 244 g/mol. The van der Waals surface area contributed by atoms with Crippen molar-refractivity contribution in [1.29, 1.82) is 0 Å². The Balaban J connectivity index is 2.97. The van der Waals surface area contributed by atoms with Crippen molar-refractivity contribution in [3.63, 3.8) is 0 Å². The first-order valence-electron chi connectivity index (χ1n) is 5.70. The summed E-state index contributed by atoms with van der Waals surface area (Å²) in [7, 11) is 0.133. The third-order valence-corrected chi connectivity index (χ3v) is 2.93. The van der Waals surface area contributed by atoms with Crippen LogP contribution >= 0.6 is 0 Å². The standard InChI is InChI=1S/C14H18O3Si/c1-16-11-17-14-6-5-12(9-13(14)10-15)7-8-18(2,3)4/h5-6,9-10H,11H2,1-4H3. The molecule has 0 fully saturated rings. The molecule has 0 radical (unpaired) electrons. The molecule has 3 nitrogen and oxygen atoms in total. The van der Waals surface area contributed by atoms with E-state index in [0.717, 1.165) is 11.8 Å². The Labute approximate surface area is 109 Å². The van der Waals surface area contributed by atoms with Gasteiger partial charge in [-0.1, -0.05) is 25.6 Å². The second-order valence-electron chi connectivity index (χ2n) is 4.92. The number of carbonyl (C=O) groups excluding carboxylic acids is 1. The highest BCUT2D eigenvalue weighted by Gasteiger charge is 2.08. The van der Waals surface area contributed by atoms with Crippen molar-refractivity contribution in [3.05, 3.63) is 29.3 Å². The first-order chi connectivity index (χ1) is 8.46. The van der Waals surface area contributed by atoms with Gasteiger partial charge in [0.05, 0.1) is 5.56 Å². The molecule has 0 spiro atoms. The molecule has 96 valence electrons. The Morgan fingerprint density at radius 1 is 1.33 bits per heavy atom. The van der Waals surface area contributed by atoms with E-state index in [1.807, 2.05) is 6.07 Å². The van der Waals surface area contributed by atoms with Crippen LogP contribution in [-0.2, 0) is 4.74 Å². The fourth-order valence-electron chi connectivity index (χ4n) is 1.23. The van der Waals surface area contributed by atoms with Gasteiger partial charge in [0.1, 0.15) is 13.8 Å². The van der Waals surface area contributed by atoms with Crippen LogP contribution in [0.2, 0.25) is 19.6 Å². The number of hydrogen-bond acceptors (Lipinski definition) is 3. The zero-order valence-electron chi connectivity index (χ0n) is 11.2. The highest BCUT2D eigenvalue weighted by Crippen LogP contribution is 2.18. The summed E-state index contributed by atoms with van der Waals surface area (Å²) < 4.78 is 10.1. The molecule has 0 aliphatic carbocycles. The minimum Gasteiger partial charge on any atom is -0.467 e. The van der Waals surface area contributed by atoms with Crippen LogP contribution in [0.5, 0.6) is 5.75 Å². The van der Waals surface area contributed by atoms with Crippen LogP contribution in [0.3, 0.4) is 0 Å². The lowest BCUT2D eigenvalue weighted by Crippen LogP contribution is -2.16. The van der Waals surface area contributed by atoms with Gasteiger partial charge in [0.15, 0.2) is 13.1 Å². The topological polar surface area (TPSA) is 35.5 Å². The molecule has 0 unspecified atom stereocenters. The fourth-order valence-corrected chi connectivity index (χ4v) is 1.75. The van der Waals surface area contributed by atoms with E-state index >= 15 is 0 Å². The molecule has 1 rings (SSSR count). The third kappa shape index (κ3) is 4.74. The van der Waals surface area contributed by atoms with E-state index in [0.29, 0.717) is 11.3 Å². The van der Waals surface area contributed by atoms with Gasteiger partial charge in [-0.15, -0.1) is 5.54 Å². The van der Waals surface area contributed by atoms with Gasteiger partial charge in [-0.3, -0.25) is 4.79 Å². The van der Waals surface area contributed by atoms with Crippen molar-refractivity contribution in [3.8, 4) is 17.2 Å². The van der Waals surface area contributed by atoms with E-state index in [1.165, 1.54) is 7.11 Å². The first kappa shape index (κ1) is 14.5. The van der Waals surface area contributed by atoms with Gasteiger partial charge in [-0.2, -0.15) is 0 Å². The van der Waals surface area contributed by atoms with Crippen LogP contribution in [0.15, 0.2) is 18.2 Å². The predicted octanol–water partition coefficient (Wildman–Crippen LogP) is 2.71. The summed E-state index contributed by atoms with van der Waals surface area (Å²) in [5.41, 5.74) is 4.59. The molecule has 1 aromatic carbocycles. The Morgan fingerprint density at radius 3 is 2.61 bits per heavy atom. The fraction of sp³-hybridized carbons (Fsp3) is 0.357. The maximum atomic E-state index is 11.0.